The zero-order valence-corrected chi connectivity index (χ0v) is 14.1. The second kappa shape index (κ2) is 6.22. The summed E-state index contributed by atoms with van der Waals surface area (Å²) in [7, 11) is 1.31. The normalized spacial score (nSPS) is 23.1. The first kappa shape index (κ1) is 17.8. The first-order chi connectivity index (χ1) is 9.43. The van der Waals surface area contributed by atoms with Gasteiger partial charge in [-0.3, -0.25) is 4.90 Å². The minimum absolute atomic E-state index is 0.207. The van der Waals surface area contributed by atoms with Crippen LogP contribution in [0.25, 0.3) is 0 Å². The van der Waals surface area contributed by atoms with Crippen molar-refractivity contribution < 1.29 is 23.8 Å². The lowest BCUT2D eigenvalue weighted by Crippen LogP contribution is -2.44. The molecule has 0 radical (unpaired) electrons. The van der Waals surface area contributed by atoms with E-state index in [1.807, 2.05) is 20.8 Å². The molecule has 0 N–H and O–H groups in total. The molecule has 6 nitrogen and oxygen atoms in total. The van der Waals surface area contributed by atoms with Crippen LogP contribution >= 0.6 is 0 Å². The van der Waals surface area contributed by atoms with E-state index in [0.717, 1.165) is 0 Å². The molecule has 0 aromatic carbocycles. The number of ether oxygens (including phenoxy) is 3. The minimum atomic E-state index is -0.655. The first-order valence-corrected chi connectivity index (χ1v) is 7.18. The molecule has 1 saturated heterocycles. The molecule has 2 unspecified atom stereocenters. The highest BCUT2D eigenvalue weighted by atomic mass is 16.6. The van der Waals surface area contributed by atoms with Crippen LogP contribution in [0.5, 0.6) is 0 Å². The second-order valence-corrected chi connectivity index (χ2v) is 7.26. The predicted molar refractivity (Wildman–Crippen MR) is 78.0 cm³/mol. The van der Waals surface area contributed by atoms with E-state index in [2.05, 4.69) is 0 Å². The second-order valence-electron chi connectivity index (χ2n) is 7.26. The molecule has 122 valence electrons. The van der Waals surface area contributed by atoms with Crippen molar-refractivity contribution in [3.05, 3.63) is 0 Å². The van der Waals surface area contributed by atoms with Gasteiger partial charge in [-0.1, -0.05) is 0 Å². The standard InChI is InChI=1S/C15H27NO5/c1-14(2,3)20-10-8-11(12(17)19-7)16(9-10)13(18)21-15(4,5)6/h10-11H,8-9H2,1-7H3. The van der Waals surface area contributed by atoms with E-state index in [-0.39, 0.29) is 11.7 Å². The summed E-state index contributed by atoms with van der Waals surface area (Å²) in [6.07, 6.45) is -0.303. The van der Waals surface area contributed by atoms with E-state index in [1.54, 1.807) is 20.8 Å². The van der Waals surface area contributed by atoms with Crippen molar-refractivity contribution in [1.82, 2.24) is 4.90 Å². The largest absolute Gasteiger partial charge is 0.467 e. The van der Waals surface area contributed by atoms with Gasteiger partial charge in [-0.15, -0.1) is 0 Å². The van der Waals surface area contributed by atoms with Crippen molar-refractivity contribution in [2.45, 2.75) is 71.3 Å². The van der Waals surface area contributed by atoms with Crippen molar-refractivity contribution in [2.75, 3.05) is 13.7 Å². The molecule has 0 aromatic heterocycles. The molecule has 1 fully saturated rings. The van der Waals surface area contributed by atoms with Gasteiger partial charge in [-0.05, 0) is 41.5 Å². The smallest absolute Gasteiger partial charge is 0.411 e. The summed E-state index contributed by atoms with van der Waals surface area (Å²) in [4.78, 5) is 25.5. The summed E-state index contributed by atoms with van der Waals surface area (Å²) < 4.78 is 16.0. The van der Waals surface area contributed by atoms with E-state index in [0.29, 0.717) is 13.0 Å². The van der Waals surface area contributed by atoms with Crippen LogP contribution in [0.4, 0.5) is 4.79 Å². The van der Waals surface area contributed by atoms with E-state index < -0.39 is 23.7 Å². The average Bonchev–Trinajstić information content (AvgIpc) is 2.67. The molecule has 0 aliphatic carbocycles. The van der Waals surface area contributed by atoms with Crippen molar-refractivity contribution in [3.63, 3.8) is 0 Å². The number of esters is 1. The summed E-state index contributed by atoms with van der Waals surface area (Å²) >= 11 is 0. The zero-order chi connectivity index (χ0) is 16.4. The number of amides is 1. The van der Waals surface area contributed by atoms with E-state index >= 15 is 0 Å². The van der Waals surface area contributed by atoms with E-state index in [4.69, 9.17) is 14.2 Å². The summed E-state index contributed by atoms with van der Waals surface area (Å²) in [5.74, 6) is -0.444. The maximum Gasteiger partial charge on any atom is 0.411 e. The summed E-state index contributed by atoms with van der Waals surface area (Å²) in [5.41, 5.74) is -0.948. The number of hydrogen-bond donors (Lipinski definition) is 0. The molecule has 0 aromatic rings. The molecule has 1 rings (SSSR count). The van der Waals surface area contributed by atoms with Gasteiger partial charge in [0, 0.05) is 6.42 Å². The molecule has 1 aliphatic heterocycles. The van der Waals surface area contributed by atoms with Crippen LogP contribution in [-0.2, 0) is 19.0 Å². The van der Waals surface area contributed by atoms with Gasteiger partial charge in [0.15, 0.2) is 0 Å². The van der Waals surface area contributed by atoms with Gasteiger partial charge in [0.1, 0.15) is 11.6 Å². The van der Waals surface area contributed by atoms with Gasteiger partial charge in [0.05, 0.1) is 25.4 Å². The highest BCUT2D eigenvalue weighted by Crippen LogP contribution is 2.27. The molecule has 0 spiro atoms. The molecule has 1 heterocycles. The number of hydrogen-bond acceptors (Lipinski definition) is 5. The fraction of sp³-hybridized carbons (Fsp3) is 0.867. The Kier molecular flexibility index (Phi) is 5.25. The van der Waals surface area contributed by atoms with Crippen LogP contribution < -0.4 is 0 Å². The number of methoxy groups -OCH3 is 1. The van der Waals surface area contributed by atoms with Gasteiger partial charge < -0.3 is 14.2 Å². The van der Waals surface area contributed by atoms with Crippen LogP contribution in [0.2, 0.25) is 0 Å². The molecule has 1 amide bonds. The molecule has 0 saturated carbocycles. The third kappa shape index (κ3) is 5.53. The number of carbonyl (C=O) groups excluding carboxylic acids is 2. The van der Waals surface area contributed by atoms with Crippen molar-refractivity contribution in [2.24, 2.45) is 0 Å². The van der Waals surface area contributed by atoms with Gasteiger partial charge >= 0.3 is 12.1 Å². The van der Waals surface area contributed by atoms with Crippen LogP contribution in [0.1, 0.15) is 48.0 Å². The third-order valence-corrected chi connectivity index (χ3v) is 2.88. The Labute approximate surface area is 126 Å². The van der Waals surface area contributed by atoms with Crippen molar-refractivity contribution >= 4 is 12.1 Å². The molecular formula is C15H27NO5. The van der Waals surface area contributed by atoms with Crippen LogP contribution in [0.15, 0.2) is 0 Å². The summed E-state index contributed by atoms with van der Waals surface area (Å²) in [6.45, 7) is 11.5. The van der Waals surface area contributed by atoms with Crippen LogP contribution in [-0.4, -0.2) is 54.0 Å². The fourth-order valence-corrected chi connectivity index (χ4v) is 2.26. The molecule has 21 heavy (non-hydrogen) atoms. The molecule has 2 atom stereocenters. The highest BCUT2D eigenvalue weighted by Gasteiger charge is 2.43. The Morgan fingerprint density at radius 1 is 1.05 bits per heavy atom. The molecule has 1 aliphatic rings. The predicted octanol–water partition coefficient (Wildman–Crippen LogP) is 2.35. The van der Waals surface area contributed by atoms with Gasteiger partial charge in [0.2, 0.25) is 0 Å². The monoisotopic (exact) mass is 301 g/mol. The Morgan fingerprint density at radius 2 is 1.62 bits per heavy atom. The molecular weight excluding hydrogens is 274 g/mol. The SMILES string of the molecule is COC(=O)C1CC(OC(C)(C)C)CN1C(=O)OC(C)(C)C. The summed E-state index contributed by atoms with van der Waals surface area (Å²) in [6, 6.07) is -0.655. The minimum Gasteiger partial charge on any atom is -0.467 e. The lowest BCUT2D eigenvalue weighted by Gasteiger charge is -2.27. The fourth-order valence-electron chi connectivity index (χ4n) is 2.26. The van der Waals surface area contributed by atoms with Crippen molar-refractivity contribution in [1.29, 1.82) is 0 Å². The van der Waals surface area contributed by atoms with Gasteiger partial charge in [-0.2, -0.15) is 0 Å². The number of nitrogens with zero attached hydrogens (tertiary/aromatic N) is 1. The van der Waals surface area contributed by atoms with Gasteiger partial charge in [-0.25, -0.2) is 9.59 Å². The average molecular weight is 301 g/mol. The topological polar surface area (TPSA) is 65.1 Å². The molecule has 0 bridgehead atoms. The van der Waals surface area contributed by atoms with E-state index in [9.17, 15) is 9.59 Å². The lowest BCUT2D eigenvalue weighted by atomic mass is 10.1. The third-order valence-electron chi connectivity index (χ3n) is 2.88. The number of likely N-dealkylation sites (tertiary alicyclic amines) is 1. The maximum absolute atomic E-state index is 12.2. The number of rotatable bonds is 2. The quantitative estimate of drug-likeness (QED) is 0.733. The number of carbonyl (C=O) groups is 2. The Morgan fingerprint density at radius 3 is 2.05 bits per heavy atom. The van der Waals surface area contributed by atoms with Crippen molar-refractivity contribution in [3.8, 4) is 0 Å². The van der Waals surface area contributed by atoms with E-state index in [1.165, 1.54) is 12.0 Å². The van der Waals surface area contributed by atoms with Crippen LogP contribution in [0, 0.1) is 0 Å². The maximum atomic E-state index is 12.2. The van der Waals surface area contributed by atoms with Crippen LogP contribution in [0.3, 0.4) is 0 Å². The Bertz CT molecular complexity index is 394. The molecule has 6 heteroatoms. The lowest BCUT2D eigenvalue weighted by molar-refractivity contribution is -0.145. The Hall–Kier alpha value is -1.30. The first-order valence-electron chi connectivity index (χ1n) is 7.18. The zero-order valence-electron chi connectivity index (χ0n) is 14.1. The van der Waals surface area contributed by atoms with Gasteiger partial charge in [0.25, 0.3) is 0 Å². The Balaban J connectivity index is 2.83. The summed E-state index contributed by atoms with van der Waals surface area (Å²) in [5, 5.41) is 0. The highest BCUT2D eigenvalue weighted by molar-refractivity contribution is 5.82.